The molecule has 3 rings (SSSR count). The first-order valence-electron chi connectivity index (χ1n) is 7.10. The molecule has 3 heterocycles. The Bertz CT molecular complexity index is 594. The van der Waals surface area contributed by atoms with Crippen LogP contribution in [-0.4, -0.2) is 28.0 Å². The van der Waals surface area contributed by atoms with Gasteiger partial charge < -0.3 is 5.43 Å². The summed E-state index contributed by atoms with van der Waals surface area (Å²) in [6.07, 6.45) is 1.28. The van der Waals surface area contributed by atoms with Crippen molar-refractivity contribution in [1.29, 1.82) is 0 Å². The Kier molecular flexibility index (Phi) is 3.87. The average molecular weight is 291 g/mol. The molecular weight excluding hydrogens is 270 g/mol. The van der Waals surface area contributed by atoms with Gasteiger partial charge in [-0.15, -0.1) is 11.3 Å². The Morgan fingerprint density at radius 3 is 3.05 bits per heavy atom. The number of hydrogen-bond donors (Lipinski definition) is 2. The summed E-state index contributed by atoms with van der Waals surface area (Å²) in [7, 11) is 0. The van der Waals surface area contributed by atoms with Gasteiger partial charge in [0, 0.05) is 6.54 Å². The number of nitrogens with two attached hydrogens (primary N) is 1. The fourth-order valence-corrected chi connectivity index (χ4v) is 3.61. The SMILES string of the molecule is CC(C)C1CCN(Cc2nc(NN)c3ccsc3n2)C1. The van der Waals surface area contributed by atoms with Crippen LogP contribution < -0.4 is 11.3 Å². The molecule has 5 nitrogen and oxygen atoms in total. The number of hydrazine groups is 1. The third-order valence-electron chi connectivity index (χ3n) is 4.12. The zero-order valence-electron chi connectivity index (χ0n) is 12.0. The van der Waals surface area contributed by atoms with Gasteiger partial charge in [-0.3, -0.25) is 4.90 Å². The second kappa shape index (κ2) is 5.63. The molecule has 0 bridgehead atoms. The van der Waals surface area contributed by atoms with E-state index in [1.165, 1.54) is 6.42 Å². The monoisotopic (exact) mass is 291 g/mol. The van der Waals surface area contributed by atoms with Crippen molar-refractivity contribution in [3.63, 3.8) is 0 Å². The van der Waals surface area contributed by atoms with Crippen molar-refractivity contribution in [1.82, 2.24) is 14.9 Å². The predicted molar refractivity (Wildman–Crippen MR) is 83.4 cm³/mol. The van der Waals surface area contributed by atoms with Gasteiger partial charge in [0.05, 0.1) is 11.9 Å². The molecule has 0 aromatic carbocycles. The lowest BCUT2D eigenvalue weighted by atomic mass is 9.95. The maximum Gasteiger partial charge on any atom is 0.152 e. The Hall–Kier alpha value is -1.24. The van der Waals surface area contributed by atoms with E-state index in [2.05, 4.69) is 34.1 Å². The van der Waals surface area contributed by atoms with Crippen molar-refractivity contribution >= 4 is 27.4 Å². The Balaban J connectivity index is 1.78. The van der Waals surface area contributed by atoms with Crippen LogP contribution in [0.3, 0.4) is 0 Å². The third kappa shape index (κ3) is 2.63. The van der Waals surface area contributed by atoms with Crippen LogP contribution in [0.4, 0.5) is 5.82 Å². The zero-order chi connectivity index (χ0) is 14.1. The van der Waals surface area contributed by atoms with Gasteiger partial charge in [-0.1, -0.05) is 13.8 Å². The largest absolute Gasteiger partial charge is 0.308 e. The lowest BCUT2D eigenvalue weighted by Crippen LogP contribution is -2.23. The van der Waals surface area contributed by atoms with Gasteiger partial charge in [-0.05, 0) is 36.2 Å². The molecule has 1 atom stereocenters. The van der Waals surface area contributed by atoms with Crippen LogP contribution in [0.5, 0.6) is 0 Å². The van der Waals surface area contributed by atoms with Crippen LogP contribution in [-0.2, 0) is 6.54 Å². The first kappa shape index (κ1) is 13.7. The van der Waals surface area contributed by atoms with Gasteiger partial charge in [0.1, 0.15) is 10.7 Å². The summed E-state index contributed by atoms with van der Waals surface area (Å²) < 4.78 is 0. The van der Waals surface area contributed by atoms with E-state index >= 15 is 0 Å². The van der Waals surface area contributed by atoms with Crippen LogP contribution in [0.1, 0.15) is 26.1 Å². The van der Waals surface area contributed by atoms with Crippen LogP contribution >= 0.6 is 11.3 Å². The maximum atomic E-state index is 5.56. The van der Waals surface area contributed by atoms with Gasteiger partial charge >= 0.3 is 0 Å². The minimum absolute atomic E-state index is 0.728. The van der Waals surface area contributed by atoms with E-state index in [1.54, 1.807) is 11.3 Å². The number of rotatable bonds is 4. The molecule has 0 amide bonds. The summed E-state index contributed by atoms with van der Waals surface area (Å²) in [4.78, 5) is 12.6. The van der Waals surface area contributed by atoms with E-state index < -0.39 is 0 Å². The summed E-state index contributed by atoms with van der Waals surface area (Å²) >= 11 is 1.63. The molecule has 2 aromatic heterocycles. The molecule has 1 fully saturated rings. The van der Waals surface area contributed by atoms with Crippen LogP contribution in [0, 0.1) is 11.8 Å². The highest BCUT2D eigenvalue weighted by Gasteiger charge is 2.25. The smallest absolute Gasteiger partial charge is 0.152 e. The summed E-state index contributed by atoms with van der Waals surface area (Å²) in [5.74, 6) is 8.70. The lowest BCUT2D eigenvalue weighted by Gasteiger charge is -2.17. The molecule has 0 radical (unpaired) electrons. The standard InChI is InChI=1S/C14H21N5S/c1-9(2)10-3-5-19(7-10)8-12-16-13(18-15)11-4-6-20-14(11)17-12/h4,6,9-10H,3,5,7-8,15H2,1-2H3,(H,16,17,18). The maximum absolute atomic E-state index is 5.56. The second-order valence-electron chi connectivity index (χ2n) is 5.80. The minimum Gasteiger partial charge on any atom is -0.308 e. The minimum atomic E-state index is 0.728. The average Bonchev–Trinajstić information content (AvgIpc) is 3.06. The van der Waals surface area contributed by atoms with Crippen molar-refractivity contribution in [2.75, 3.05) is 18.5 Å². The fourth-order valence-electron chi connectivity index (χ4n) is 2.83. The molecule has 3 N–H and O–H groups in total. The molecule has 20 heavy (non-hydrogen) atoms. The molecule has 0 aliphatic carbocycles. The first-order chi connectivity index (χ1) is 9.67. The van der Waals surface area contributed by atoms with Crippen molar-refractivity contribution in [3.8, 4) is 0 Å². The van der Waals surface area contributed by atoms with Crippen molar-refractivity contribution in [2.24, 2.45) is 17.7 Å². The number of fused-ring (bicyclic) bond motifs is 1. The van der Waals surface area contributed by atoms with Gasteiger partial charge in [0.2, 0.25) is 0 Å². The zero-order valence-corrected chi connectivity index (χ0v) is 12.8. The number of nitrogens with one attached hydrogen (secondary N) is 1. The molecular formula is C14H21N5S. The summed E-state index contributed by atoms with van der Waals surface area (Å²) in [6, 6.07) is 2.00. The van der Waals surface area contributed by atoms with Crippen LogP contribution in [0.15, 0.2) is 11.4 Å². The van der Waals surface area contributed by atoms with Gasteiger partial charge in [-0.25, -0.2) is 15.8 Å². The fraction of sp³-hybridized carbons (Fsp3) is 0.571. The van der Waals surface area contributed by atoms with E-state index in [-0.39, 0.29) is 0 Å². The number of aromatic nitrogens is 2. The quantitative estimate of drug-likeness (QED) is 0.669. The predicted octanol–water partition coefficient (Wildman–Crippen LogP) is 2.45. The molecule has 1 aliphatic rings. The number of nitrogens with zero attached hydrogens (tertiary/aromatic N) is 3. The highest BCUT2D eigenvalue weighted by molar-refractivity contribution is 7.16. The van der Waals surface area contributed by atoms with Crippen molar-refractivity contribution in [3.05, 3.63) is 17.3 Å². The number of anilines is 1. The molecule has 1 saturated heterocycles. The van der Waals surface area contributed by atoms with Gasteiger partial charge in [-0.2, -0.15) is 0 Å². The molecule has 0 saturated carbocycles. The Morgan fingerprint density at radius 2 is 2.35 bits per heavy atom. The van der Waals surface area contributed by atoms with Crippen LogP contribution in [0.25, 0.3) is 10.2 Å². The number of thiophene rings is 1. The van der Waals surface area contributed by atoms with E-state index in [9.17, 15) is 0 Å². The number of likely N-dealkylation sites (tertiary alicyclic amines) is 1. The summed E-state index contributed by atoms with van der Waals surface area (Å²) in [5, 5.41) is 3.02. The Morgan fingerprint density at radius 1 is 1.50 bits per heavy atom. The number of nitrogen functional groups attached to an aromatic ring is 1. The highest BCUT2D eigenvalue weighted by atomic mass is 32.1. The highest BCUT2D eigenvalue weighted by Crippen LogP contribution is 2.27. The van der Waals surface area contributed by atoms with E-state index in [4.69, 9.17) is 5.84 Å². The number of hydrogen-bond acceptors (Lipinski definition) is 6. The molecule has 108 valence electrons. The van der Waals surface area contributed by atoms with E-state index in [1.807, 2.05) is 11.4 Å². The van der Waals surface area contributed by atoms with Gasteiger partial charge in [0.25, 0.3) is 0 Å². The topological polar surface area (TPSA) is 67.1 Å². The van der Waals surface area contributed by atoms with Crippen LogP contribution in [0.2, 0.25) is 0 Å². The molecule has 2 aromatic rings. The summed E-state index contributed by atoms with van der Waals surface area (Å²) in [5.41, 5.74) is 2.69. The summed E-state index contributed by atoms with van der Waals surface area (Å²) in [6.45, 7) is 7.71. The molecule has 6 heteroatoms. The lowest BCUT2D eigenvalue weighted by molar-refractivity contribution is 0.291. The van der Waals surface area contributed by atoms with E-state index in [0.717, 1.165) is 53.3 Å². The van der Waals surface area contributed by atoms with Crippen molar-refractivity contribution in [2.45, 2.75) is 26.8 Å². The molecule has 1 aliphatic heterocycles. The van der Waals surface area contributed by atoms with E-state index in [0.29, 0.717) is 0 Å². The molecule has 0 spiro atoms. The first-order valence-corrected chi connectivity index (χ1v) is 7.98. The Labute approximate surface area is 123 Å². The third-order valence-corrected chi connectivity index (χ3v) is 4.93. The molecule has 1 unspecified atom stereocenters. The van der Waals surface area contributed by atoms with Gasteiger partial charge in [0.15, 0.2) is 5.82 Å². The van der Waals surface area contributed by atoms with Crippen molar-refractivity contribution < 1.29 is 0 Å². The second-order valence-corrected chi connectivity index (χ2v) is 6.69. The normalized spacial score (nSPS) is 20.1.